The van der Waals surface area contributed by atoms with Gasteiger partial charge in [0.25, 0.3) is 0 Å². The fraction of sp³-hybridized carbons (Fsp3) is 0.278. The van der Waals surface area contributed by atoms with Crippen LogP contribution in [-0.4, -0.2) is 33.4 Å². The van der Waals surface area contributed by atoms with Crippen molar-refractivity contribution < 1.29 is 13.2 Å². The first-order valence-electron chi connectivity index (χ1n) is 8.10. The van der Waals surface area contributed by atoms with Gasteiger partial charge in [-0.15, -0.1) is 0 Å². The van der Waals surface area contributed by atoms with Gasteiger partial charge in [-0.3, -0.25) is 4.31 Å². The van der Waals surface area contributed by atoms with E-state index in [1.54, 1.807) is 18.2 Å². The van der Waals surface area contributed by atoms with Gasteiger partial charge in [-0.05, 0) is 55.0 Å². The van der Waals surface area contributed by atoms with Crippen LogP contribution in [0.15, 0.2) is 48.5 Å². The molecule has 26 heavy (non-hydrogen) atoms. The molecule has 0 atom stereocenters. The van der Waals surface area contributed by atoms with Gasteiger partial charge in [-0.1, -0.05) is 18.2 Å². The number of nitrogens with zero attached hydrogens (tertiary/aromatic N) is 1. The van der Waals surface area contributed by atoms with E-state index in [1.165, 1.54) is 11.4 Å². The van der Waals surface area contributed by atoms with Crippen molar-refractivity contribution in [1.29, 1.82) is 0 Å². The van der Waals surface area contributed by atoms with E-state index in [-0.39, 0.29) is 0 Å². The molecular formula is C18H23N3O3S2. The summed E-state index contributed by atoms with van der Waals surface area (Å²) < 4.78 is 29.9. The summed E-state index contributed by atoms with van der Waals surface area (Å²) in [6.45, 7) is 3.16. The van der Waals surface area contributed by atoms with E-state index in [2.05, 4.69) is 10.6 Å². The lowest BCUT2D eigenvalue weighted by Gasteiger charge is -2.18. The van der Waals surface area contributed by atoms with Gasteiger partial charge in [0.2, 0.25) is 10.0 Å². The molecule has 2 aromatic carbocycles. The minimum absolute atomic E-state index is 0.457. The molecule has 2 aromatic rings. The highest BCUT2D eigenvalue weighted by atomic mass is 32.2. The zero-order valence-corrected chi connectivity index (χ0v) is 16.7. The highest BCUT2D eigenvalue weighted by Crippen LogP contribution is 2.20. The van der Waals surface area contributed by atoms with Crippen LogP contribution in [0.5, 0.6) is 5.75 Å². The Morgan fingerprint density at radius 3 is 2.50 bits per heavy atom. The number of anilines is 2. The first-order valence-corrected chi connectivity index (χ1v) is 10.4. The molecule has 0 aliphatic carbocycles. The Hall–Kier alpha value is -2.32. The molecule has 0 saturated carbocycles. The van der Waals surface area contributed by atoms with Gasteiger partial charge in [0, 0.05) is 19.3 Å². The third-order valence-corrected chi connectivity index (χ3v) is 5.10. The van der Waals surface area contributed by atoms with Crippen LogP contribution in [0.4, 0.5) is 11.4 Å². The smallest absolute Gasteiger partial charge is 0.231 e. The topological polar surface area (TPSA) is 70.7 Å². The number of nitrogens with one attached hydrogen (secondary N) is 2. The molecule has 0 saturated heterocycles. The van der Waals surface area contributed by atoms with Gasteiger partial charge in [0.05, 0.1) is 18.6 Å². The fourth-order valence-corrected chi connectivity index (χ4v) is 2.89. The molecule has 0 heterocycles. The second-order valence-electron chi connectivity index (χ2n) is 5.67. The quantitative estimate of drug-likeness (QED) is 0.705. The molecule has 2 rings (SSSR count). The second-order valence-corrected chi connectivity index (χ2v) is 8.09. The Morgan fingerprint density at radius 1 is 1.19 bits per heavy atom. The normalized spacial score (nSPS) is 10.9. The third kappa shape index (κ3) is 5.89. The Labute approximate surface area is 160 Å². The van der Waals surface area contributed by atoms with Crippen molar-refractivity contribution in [3.63, 3.8) is 0 Å². The lowest BCUT2D eigenvalue weighted by atomic mass is 10.2. The van der Waals surface area contributed by atoms with Crippen molar-refractivity contribution in [3.05, 3.63) is 54.1 Å². The molecule has 0 spiro atoms. The first kappa shape index (κ1) is 20.0. The molecule has 0 bridgehead atoms. The van der Waals surface area contributed by atoms with Crippen LogP contribution < -0.4 is 19.7 Å². The van der Waals surface area contributed by atoms with E-state index in [1.807, 2.05) is 37.3 Å². The summed E-state index contributed by atoms with van der Waals surface area (Å²) in [5.74, 6) is 0.837. The number of hydrogen-bond acceptors (Lipinski definition) is 4. The minimum atomic E-state index is -3.31. The summed E-state index contributed by atoms with van der Waals surface area (Å²) in [5.41, 5.74) is 2.34. The molecule has 0 fully saturated rings. The maximum Gasteiger partial charge on any atom is 0.231 e. The number of ether oxygens (including phenoxy) is 1. The van der Waals surface area contributed by atoms with Crippen molar-refractivity contribution in [2.24, 2.45) is 0 Å². The van der Waals surface area contributed by atoms with Crippen molar-refractivity contribution in [2.75, 3.05) is 29.5 Å². The van der Waals surface area contributed by atoms with Crippen molar-refractivity contribution >= 4 is 38.7 Å². The van der Waals surface area contributed by atoms with E-state index in [0.717, 1.165) is 17.6 Å². The Bertz CT molecular complexity index is 852. The third-order valence-electron chi connectivity index (χ3n) is 3.65. The predicted molar refractivity (Wildman–Crippen MR) is 110 cm³/mol. The van der Waals surface area contributed by atoms with Crippen LogP contribution in [0, 0.1) is 0 Å². The van der Waals surface area contributed by atoms with Gasteiger partial charge >= 0.3 is 0 Å². The van der Waals surface area contributed by atoms with Crippen LogP contribution in [0.1, 0.15) is 12.5 Å². The van der Waals surface area contributed by atoms with Crippen molar-refractivity contribution in [2.45, 2.75) is 13.5 Å². The minimum Gasteiger partial charge on any atom is -0.494 e. The number of rotatable bonds is 7. The highest BCUT2D eigenvalue weighted by molar-refractivity contribution is 7.92. The van der Waals surface area contributed by atoms with Gasteiger partial charge in [0.15, 0.2) is 5.11 Å². The molecule has 0 amide bonds. The zero-order valence-electron chi connectivity index (χ0n) is 15.0. The highest BCUT2D eigenvalue weighted by Gasteiger charge is 2.12. The summed E-state index contributed by atoms with van der Waals surface area (Å²) in [6.07, 6.45) is 1.16. The van der Waals surface area contributed by atoms with Crippen LogP contribution in [0.25, 0.3) is 0 Å². The van der Waals surface area contributed by atoms with Crippen LogP contribution in [0.3, 0.4) is 0 Å². The van der Waals surface area contributed by atoms with Gasteiger partial charge in [-0.2, -0.15) is 0 Å². The summed E-state index contributed by atoms with van der Waals surface area (Å²) in [7, 11) is -1.80. The van der Waals surface area contributed by atoms with Crippen LogP contribution in [-0.2, 0) is 16.6 Å². The molecule has 0 radical (unpaired) electrons. The molecule has 2 N–H and O–H groups in total. The maximum atomic E-state index is 11.6. The maximum absolute atomic E-state index is 11.6. The van der Waals surface area contributed by atoms with E-state index in [9.17, 15) is 8.42 Å². The number of hydrogen-bond donors (Lipinski definition) is 2. The SMILES string of the molecule is CCOc1ccc(CNC(=S)Nc2cccc(N(C)S(C)(=O)=O)c2)cc1. The Kier molecular flexibility index (Phi) is 6.82. The second kappa shape index (κ2) is 8.86. The van der Waals surface area contributed by atoms with Crippen LogP contribution in [0.2, 0.25) is 0 Å². The summed E-state index contributed by atoms with van der Waals surface area (Å²) in [6, 6.07) is 14.8. The predicted octanol–water partition coefficient (Wildman–Crippen LogP) is 2.97. The summed E-state index contributed by atoms with van der Waals surface area (Å²) >= 11 is 5.31. The van der Waals surface area contributed by atoms with Crippen molar-refractivity contribution in [1.82, 2.24) is 5.32 Å². The Balaban J connectivity index is 1.93. The molecule has 6 nitrogen and oxygen atoms in total. The number of benzene rings is 2. The lowest BCUT2D eigenvalue weighted by Crippen LogP contribution is -2.28. The molecule has 0 aliphatic rings. The van der Waals surface area contributed by atoms with E-state index >= 15 is 0 Å². The monoisotopic (exact) mass is 393 g/mol. The van der Waals surface area contributed by atoms with Gasteiger partial charge < -0.3 is 15.4 Å². The summed E-state index contributed by atoms with van der Waals surface area (Å²) in [5, 5.41) is 6.65. The van der Waals surface area contributed by atoms with E-state index in [4.69, 9.17) is 17.0 Å². The molecule has 0 aliphatic heterocycles. The summed E-state index contributed by atoms with van der Waals surface area (Å²) in [4.78, 5) is 0. The average molecular weight is 394 g/mol. The number of sulfonamides is 1. The van der Waals surface area contributed by atoms with E-state index in [0.29, 0.717) is 29.6 Å². The zero-order chi connectivity index (χ0) is 19.2. The average Bonchev–Trinajstić information content (AvgIpc) is 2.60. The van der Waals surface area contributed by atoms with Gasteiger partial charge in [-0.25, -0.2) is 8.42 Å². The molecule has 8 heteroatoms. The molecular weight excluding hydrogens is 370 g/mol. The lowest BCUT2D eigenvalue weighted by molar-refractivity contribution is 0.340. The Morgan fingerprint density at radius 2 is 1.88 bits per heavy atom. The standard InChI is InChI=1S/C18H23N3O3S2/c1-4-24-17-10-8-14(9-11-17)13-19-18(25)20-15-6-5-7-16(12-15)21(2)26(3,22)23/h5-12H,4,13H2,1-3H3,(H2,19,20,25). The van der Waals surface area contributed by atoms with E-state index < -0.39 is 10.0 Å². The molecule has 0 aromatic heterocycles. The van der Waals surface area contributed by atoms with Crippen molar-refractivity contribution in [3.8, 4) is 5.75 Å². The molecule has 0 unspecified atom stereocenters. The fourth-order valence-electron chi connectivity index (χ4n) is 2.20. The largest absolute Gasteiger partial charge is 0.494 e. The number of thiocarbonyl (C=S) groups is 1. The first-order chi connectivity index (χ1) is 12.3. The van der Waals surface area contributed by atoms with Crippen LogP contribution >= 0.6 is 12.2 Å². The molecule has 140 valence electrons. The van der Waals surface area contributed by atoms with Gasteiger partial charge in [0.1, 0.15) is 5.75 Å².